The Hall–Kier alpha value is -0.116. The van der Waals surface area contributed by atoms with E-state index >= 15 is 0 Å². The summed E-state index contributed by atoms with van der Waals surface area (Å²) in [6.45, 7) is 13.3. The van der Waals surface area contributed by atoms with E-state index in [0.29, 0.717) is 0 Å². The molecule has 24 heavy (non-hydrogen) atoms. The summed E-state index contributed by atoms with van der Waals surface area (Å²) in [7, 11) is 1.25. The molecule has 0 aromatic carbocycles. The van der Waals surface area contributed by atoms with Crippen molar-refractivity contribution in [3.63, 3.8) is 0 Å². The Balaban J connectivity index is 0.00000123. The number of aromatic nitrogens is 1. The molecule has 0 spiro atoms. The third-order valence-electron chi connectivity index (χ3n) is 3.65. The summed E-state index contributed by atoms with van der Waals surface area (Å²) in [4.78, 5) is 4.52. The van der Waals surface area contributed by atoms with Crippen LogP contribution in [0.2, 0.25) is 0 Å². The third kappa shape index (κ3) is 7.41. The van der Waals surface area contributed by atoms with Crippen molar-refractivity contribution in [1.29, 1.82) is 0 Å². The number of halogens is 2. The van der Waals surface area contributed by atoms with Crippen LogP contribution in [-0.2, 0) is 16.3 Å². The summed E-state index contributed by atoms with van der Waals surface area (Å²) in [5.74, 6) is 0. The maximum atomic E-state index is 4.57. The Morgan fingerprint density at radius 3 is 2.17 bits per heavy atom. The first-order valence-electron chi connectivity index (χ1n) is 7.47. The Labute approximate surface area is 168 Å². The Kier molecular flexibility index (Phi) is 10.1. The molecule has 0 radical (unpaired) electrons. The first-order valence-corrected chi connectivity index (χ1v) is 12.4. The molecule has 138 valence electrons. The van der Waals surface area contributed by atoms with Crippen LogP contribution in [0.4, 0.5) is 0 Å². The van der Waals surface area contributed by atoms with Gasteiger partial charge in [-0.05, 0) is 34.1 Å². The van der Waals surface area contributed by atoms with E-state index in [4.69, 9.17) is 0 Å². The Morgan fingerprint density at radius 2 is 1.67 bits per heavy atom. The van der Waals surface area contributed by atoms with Crippen molar-refractivity contribution in [2.24, 2.45) is 5.41 Å². The fourth-order valence-corrected chi connectivity index (χ4v) is 2.22. The van der Waals surface area contributed by atoms with Crippen molar-refractivity contribution in [3.8, 4) is 0 Å². The van der Waals surface area contributed by atoms with Gasteiger partial charge in [0.1, 0.15) is 0 Å². The van der Waals surface area contributed by atoms with Crippen molar-refractivity contribution >= 4 is 28.5 Å². The average Bonchev–Trinajstić information content (AvgIpc) is 2.47. The van der Waals surface area contributed by atoms with Gasteiger partial charge >= 0.3 is 39.3 Å². The maximum Gasteiger partial charge on any atom is -0.358 e. The molecule has 1 aromatic heterocycles. The number of rotatable bonds is 1. The molecule has 1 atom stereocenters. The number of pyridine rings is 1. The van der Waals surface area contributed by atoms with Crippen molar-refractivity contribution in [2.75, 3.05) is 0 Å². The van der Waals surface area contributed by atoms with Gasteiger partial charge in [-0.15, -0.1) is 0 Å². The van der Waals surface area contributed by atoms with E-state index in [0.717, 1.165) is 5.69 Å². The van der Waals surface area contributed by atoms with Crippen molar-refractivity contribution in [3.05, 3.63) is 66.3 Å². The Bertz CT molecular complexity index is 569. The summed E-state index contributed by atoms with van der Waals surface area (Å²) >= 11 is 6.00. The minimum Gasteiger partial charge on any atom is -0.358 e. The van der Waals surface area contributed by atoms with Crippen LogP contribution < -0.4 is 0 Å². The van der Waals surface area contributed by atoms with Gasteiger partial charge in [-0.3, -0.25) is 4.98 Å². The van der Waals surface area contributed by atoms with Gasteiger partial charge in [-0.25, -0.2) is 0 Å². The molecule has 2 rings (SSSR count). The SMILES string of the molecule is CC(C)(C)C1=CC(c2cc(C(C)(C)C)ccn2)[N-]C=C1.[Br][Ni+2][Br].[CH3-]. The van der Waals surface area contributed by atoms with Crippen LogP contribution >= 0.6 is 28.5 Å². The maximum absolute atomic E-state index is 4.57. The molecule has 2 nitrogen and oxygen atoms in total. The van der Waals surface area contributed by atoms with E-state index in [1.165, 1.54) is 22.0 Å². The zero-order chi connectivity index (χ0) is 17.7. The van der Waals surface area contributed by atoms with Gasteiger partial charge in [0, 0.05) is 11.9 Å². The number of allylic oxidation sites excluding steroid dienone is 2. The monoisotopic (exact) mass is 500 g/mol. The van der Waals surface area contributed by atoms with Gasteiger partial charge < -0.3 is 12.7 Å². The minimum atomic E-state index is 0. The molecular formula is C19H28Br2N2Ni. The second kappa shape index (κ2) is 10.1. The molecule has 0 amide bonds. The summed E-state index contributed by atoms with van der Waals surface area (Å²) in [5, 5.41) is 4.57. The largest absolute Gasteiger partial charge is 0.358 e. The van der Waals surface area contributed by atoms with Crippen molar-refractivity contribution in [1.82, 2.24) is 4.98 Å². The first kappa shape index (κ1) is 23.9. The van der Waals surface area contributed by atoms with Crippen LogP contribution in [0.1, 0.15) is 58.8 Å². The molecule has 5 heteroatoms. The normalized spacial score (nSPS) is 17.2. The number of nitrogens with zero attached hydrogens (tertiary/aromatic N) is 2. The van der Waals surface area contributed by atoms with Gasteiger partial charge in [0.2, 0.25) is 0 Å². The standard InChI is InChI=1S/C18H25N2.CH3.2BrH.Ni/c1-17(2,3)13-7-9-19-15(11-13)16-12-14(8-10-20-16)18(4,5)6;;;;/h7-12,15H,1-6H3;1H3;2*1H;/q2*-1;;;+4/p-2. The van der Waals surface area contributed by atoms with Gasteiger partial charge in [0.05, 0.1) is 0 Å². The fraction of sp³-hybridized carbons (Fsp3) is 0.474. The van der Waals surface area contributed by atoms with Crippen LogP contribution in [0.3, 0.4) is 0 Å². The van der Waals surface area contributed by atoms with Crippen LogP contribution in [0.15, 0.2) is 42.3 Å². The minimum absolute atomic E-state index is 0. The van der Waals surface area contributed by atoms with E-state index < -0.39 is 0 Å². The zero-order valence-corrected chi connectivity index (χ0v) is 19.7. The molecule has 2 heterocycles. The molecule has 0 N–H and O–H groups in total. The van der Waals surface area contributed by atoms with Crippen LogP contribution in [0.5, 0.6) is 0 Å². The van der Waals surface area contributed by atoms with Crippen LogP contribution in [-0.4, -0.2) is 4.98 Å². The molecule has 1 aromatic rings. The quantitative estimate of drug-likeness (QED) is 0.290. The zero-order valence-electron chi connectivity index (χ0n) is 15.5. The predicted octanol–water partition coefficient (Wildman–Crippen LogP) is 7.43. The second-order valence-corrected chi connectivity index (χ2v) is 12.5. The summed E-state index contributed by atoms with van der Waals surface area (Å²) in [6, 6.07) is 4.32. The smallest absolute Gasteiger partial charge is 0.358 e. The van der Waals surface area contributed by atoms with Crippen LogP contribution in [0, 0.1) is 12.8 Å². The molecular weight excluding hydrogens is 475 g/mol. The van der Waals surface area contributed by atoms with Crippen molar-refractivity contribution < 1.29 is 10.9 Å². The van der Waals surface area contributed by atoms with E-state index in [1.807, 2.05) is 12.4 Å². The van der Waals surface area contributed by atoms with Gasteiger partial charge in [-0.1, -0.05) is 59.7 Å². The topological polar surface area (TPSA) is 27.0 Å². The summed E-state index contributed by atoms with van der Waals surface area (Å²) in [5.41, 5.74) is 3.94. The molecule has 0 aliphatic carbocycles. The molecule has 0 fully saturated rings. The third-order valence-corrected chi connectivity index (χ3v) is 3.65. The van der Waals surface area contributed by atoms with E-state index in [1.54, 1.807) is 0 Å². The first-order chi connectivity index (χ1) is 10.6. The molecule has 1 aliphatic heterocycles. The average molecular weight is 503 g/mol. The summed E-state index contributed by atoms with van der Waals surface area (Å²) in [6.07, 6.45) is 8.14. The number of hydrogen-bond donors (Lipinski definition) is 0. The molecule has 0 saturated heterocycles. The molecule has 1 unspecified atom stereocenters. The van der Waals surface area contributed by atoms with E-state index in [2.05, 4.69) is 105 Å². The number of hydrogen-bond acceptors (Lipinski definition) is 1. The van der Waals surface area contributed by atoms with E-state index in [-0.39, 0.29) is 24.3 Å². The van der Waals surface area contributed by atoms with Gasteiger partial charge in [0.25, 0.3) is 0 Å². The van der Waals surface area contributed by atoms with Crippen LogP contribution in [0.25, 0.3) is 5.32 Å². The molecule has 1 aliphatic rings. The van der Waals surface area contributed by atoms with Gasteiger partial charge in [-0.2, -0.15) is 6.20 Å². The molecule has 0 bridgehead atoms. The van der Waals surface area contributed by atoms with Crippen molar-refractivity contribution in [2.45, 2.75) is 53.0 Å². The molecule has 0 saturated carbocycles. The second-order valence-electron chi connectivity index (χ2n) is 7.55. The Morgan fingerprint density at radius 1 is 1.08 bits per heavy atom. The summed E-state index contributed by atoms with van der Waals surface area (Å²) < 4.78 is 0. The predicted molar refractivity (Wildman–Crippen MR) is 110 cm³/mol. The van der Waals surface area contributed by atoms with Gasteiger partial charge in [0.15, 0.2) is 0 Å². The fourth-order valence-electron chi connectivity index (χ4n) is 2.22. The van der Waals surface area contributed by atoms with E-state index in [9.17, 15) is 0 Å².